The number of nitrogens with zero attached hydrogens (tertiary/aromatic N) is 2. The van der Waals surface area contributed by atoms with E-state index in [0.717, 1.165) is 4.90 Å². The molecule has 0 spiro atoms. The lowest BCUT2D eigenvalue weighted by Gasteiger charge is -2.16. The van der Waals surface area contributed by atoms with E-state index in [1.165, 1.54) is 7.05 Å². The molecule has 1 aromatic rings. The standard InChI is InChI=1S/C13H17N3O3/c1-8(2)19-12-9(5-4-6-14-12)15-10-7-11(17)16(3)13(10)18/h4-6,8,10,15H,7H2,1-3H3. The molecule has 6 heteroatoms. The number of likely N-dealkylation sites (N-methyl/N-ethyl adjacent to an activating group) is 1. The quantitative estimate of drug-likeness (QED) is 0.822. The van der Waals surface area contributed by atoms with Gasteiger partial charge in [-0.05, 0) is 26.0 Å². The fourth-order valence-corrected chi connectivity index (χ4v) is 1.87. The van der Waals surface area contributed by atoms with E-state index in [0.29, 0.717) is 11.6 Å². The SMILES string of the molecule is CC(C)Oc1ncccc1NC1CC(=O)N(C)C1=O. The fraction of sp³-hybridized carbons (Fsp3) is 0.462. The number of carbonyl (C=O) groups is 2. The van der Waals surface area contributed by atoms with Crippen molar-refractivity contribution in [2.45, 2.75) is 32.4 Å². The van der Waals surface area contributed by atoms with Crippen LogP contribution < -0.4 is 10.1 Å². The Morgan fingerprint density at radius 3 is 2.79 bits per heavy atom. The number of pyridine rings is 1. The summed E-state index contributed by atoms with van der Waals surface area (Å²) < 4.78 is 5.56. The zero-order valence-electron chi connectivity index (χ0n) is 11.2. The lowest BCUT2D eigenvalue weighted by atomic mass is 10.2. The van der Waals surface area contributed by atoms with Crippen LogP contribution in [0.2, 0.25) is 0 Å². The van der Waals surface area contributed by atoms with E-state index in [4.69, 9.17) is 4.74 Å². The molecule has 0 saturated carbocycles. The van der Waals surface area contributed by atoms with Crippen LogP contribution in [-0.4, -0.2) is 40.9 Å². The van der Waals surface area contributed by atoms with Crippen LogP contribution in [0.3, 0.4) is 0 Å². The van der Waals surface area contributed by atoms with Crippen LogP contribution >= 0.6 is 0 Å². The molecule has 2 heterocycles. The van der Waals surface area contributed by atoms with Crippen LogP contribution in [0.1, 0.15) is 20.3 Å². The minimum absolute atomic E-state index is 0.0148. The van der Waals surface area contributed by atoms with Gasteiger partial charge in [0.05, 0.1) is 18.2 Å². The molecule has 1 fully saturated rings. The first-order valence-corrected chi connectivity index (χ1v) is 6.17. The molecule has 2 amide bonds. The molecule has 19 heavy (non-hydrogen) atoms. The maximum absolute atomic E-state index is 11.8. The highest BCUT2D eigenvalue weighted by atomic mass is 16.5. The maximum atomic E-state index is 11.8. The number of aromatic nitrogens is 1. The first-order valence-electron chi connectivity index (χ1n) is 6.17. The molecule has 0 aromatic carbocycles. The maximum Gasteiger partial charge on any atom is 0.251 e. The smallest absolute Gasteiger partial charge is 0.251 e. The molecule has 1 atom stereocenters. The second-order valence-corrected chi connectivity index (χ2v) is 4.71. The number of carbonyl (C=O) groups excluding carboxylic acids is 2. The van der Waals surface area contributed by atoms with Crippen molar-refractivity contribution < 1.29 is 14.3 Å². The van der Waals surface area contributed by atoms with Gasteiger partial charge in [0.25, 0.3) is 5.91 Å². The van der Waals surface area contributed by atoms with Gasteiger partial charge in [-0.25, -0.2) is 4.98 Å². The highest BCUT2D eigenvalue weighted by Crippen LogP contribution is 2.25. The average Bonchev–Trinajstić information content (AvgIpc) is 2.59. The Kier molecular flexibility index (Phi) is 3.69. The molecular formula is C13H17N3O3. The summed E-state index contributed by atoms with van der Waals surface area (Å²) in [7, 11) is 1.49. The number of hydrogen-bond donors (Lipinski definition) is 1. The van der Waals surface area contributed by atoms with E-state index in [2.05, 4.69) is 10.3 Å². The van der Waals surface area contributed by atoms with Crippen molar-refractivity contribution in [3.8, 4) is 5.88 Å². The topological polar surface area (TPSA) is 71.5 Å². The summed E-state index contributed by atoms with van der Waals surface area (Å²) in [5, 5.41) is 3.03. The van der Waals surface area contributed by atoms with E-state index in [-0.39, 0.29) is 24.3 Å². The highest BCUT2D eigenvalue weighted by molar-refractivity contribution is 6.06. The average molecular weight is 263 g/mol. The van der Waals surface area contributed by atoms with Crippen molar-refractivity contribution in [3.05, 3.63) is 18.3 Å². The molecule has 1 N–H and O–H groups in total. The molecule has 0 radical (unpaired) electrons. The van der Waals surface area contributed by atoms with Gasteiger partial charge in [-0.3, -0.25) is 14.5 Å². The molecule has 2 rings (SSSR count). The summed E-state index contributed by atoms with van der Waals surface area (Å²) in [5.74, 6) is 0.0226. The van der Waals surface area contributed by atoms with Crippen LogP contribution in [-0.2, 0) is 9.59 Å². The Balaban J connectivity index is 2.15. The van der Waals surface area contributed by atoms with Gasteiger partial charge in [0.2, 0.25) is 11.8 Å². The molecule has 1 aliphatic rings. The Morgan fingerprint density at radius 1 is 1.47 bits per heavy atom. The molecule has 1 aromatic heterocycles. The second kappa shape index (κ2) is 5.26. The zero-order chi connectivity index (χ0) is 14.0. The summed E-state index contributed by atoms with van der Waals surface area (Å²) in [6, 6.07) is 2.98. The number of amides is 2. The summed E-state index contributed by atoms with van der Waals surface area (Å²) in [6.07, 6.45) is 1.76. The van der Waals surface area contributed by atoms with Gasteiger partial charge in [0, 0.05) is 13.2 Å². The van der Waals surface area contributed by atoms with Gasteiger partial charge < -0.3 is 10.1 Å². The Labute approximate surface area is 111 Å². The third kappa shape index (κ3) is 2.83. The van der Waals surface area contributed by atoms with Crippen LogP contribution in [0.5, 0.6) is 5.88 Å². The van der Waals surface area contributed by atoms with Crippen molar-refractivity contribution in [2.24, 2.45) is 0 Å². The summed E-state index contributed by atoms with van der Waals surface area (Å²) in [6.45, 7) is 3.80. The van der Waals surface area contributed by atoms with Gasteiger partial charge in [0.1, 0.15) is 6.04 Å². The molecule has 1 saturated heterocycles. The molecule has 6 nitrogen and oxygen atoms in total. The molecular weight excluding hydrogens is 246 g/mol. The highest BCUT2D eigenvalue weighted by Gasteiger charge is 2.36. The number of ether oxygens (including phenoxy) is 1. The monoisotopic (exact) mass is 263 g/mol. The first kappa shape index (κ1) is 13.3. The number of likely N-dealkylation sites (tertiary alicyclic amines) is 1. The van der Waals surface area contributed by atoms with Crippen LogP contribution in [0, 0.1) is 0 Å². The normalized spacial score (nSPS) is 19.2. The van der Waals surface area contributed by atoms with E-state index in [1.807, 2.05) is 13.8 Å². The number of rotatable bonds is 4. The van der Waals surface area contributed by atoms with E-state index in [9.17, 15) is 9.59 Å². The minimum atomic E-state index is -0.545. The predicted molar refractivity (Wildman–Crippen MR) is 69.8 cm³/mol. The Morgan fingerprint density at radius 2 is 2.21 bits per heavy atom. The van der Waals surface area contributed by atoms with Gasteiger partial charge >= 0.3 is 0 Å². The van der Waals surface area contributed by atoms with Gasteiger partial charge in [-0.15, -0.1) is 0 Å². The predicted octanol–water partition coefficient (Wildman–Crippen LogP) is 1.04. The minimum Gasteiger partial charge on any atom is -0.473 e. The van der Waals surface area contributed by atoms with Gasteiger partial charge in [-0.1, -0.05) is 0 Å². The molecule has 1 unspecified atom stereocenters. The summed E-state index contributed by atoms with van der Waals surface area (Å²) >= 11 is 0. The number of imide groups is 1. The van der Waals surface area contributed by atoms with Crippen molar-refractivity contribution in [3.63, 3.8) is 0 Å². The lowest BCUT2D eigenvalue weighted by Crippen LogP contribution is -2.32. The fourth-order valence-electron chi connectivity index (χ4n) is 1.87. The third-order valence-corrected chi connectivity index (χ3v) is 2.83. The molecule has 0 aliphatic carbocycles. The van der Waals surface area contributed by atoms with E-state index in [1.54, 1.807) is 18.3 Å². The van der Waals surface area contributed by atoms with Crippen molar-refractivity contribution in [1.82, 2.24) is 9.88 Å². The summed E-state index contributed by atoms with van der Waals surface area (Å²) in [4.78, 5) is 28.6. The molecule has 1 aliphatic heterocycles. The van der Waals surface area contributed by atoms with E-state index < -0.39 is 6.04 Å². The van der Waals surface area contributed by atoms with Crippen LogP contribution in [0.15, 0.2) is 18.3 Å². The zero-order valence-corrected chi connectivity index (χ0v) is 11.2. The second-order valence-electron chi connectivity index (χ2n) is 4.71. The van der Waals surface area contributed by atoms with Crippen molar-refractivity contribution in [1.29, 1.82) is 0 Å². The molecule has 0 bridgehead atoms. The lowest BCUT2D eigenvalue weighted by molar-refractivity contribution is -0.136. The van der Waals surface area contributed by atoms with Gasteiger partial charge in [0.15, 0.2) is 0 Å². The molecule has 102 valence electrons. The van der Waals surface area contributed by atoms with Gasteiger partial charge in [-0.2, -0.15) is 0 Å². The number of nitrogens with one attached hydrogen (secondary N) is 1. The van der Waals surface area contributed by atoms with Crippen LogP contribution in [0.25, 0.3) is 0 Å². The van der Waals surface area contributed by atoms with Crippen molar-refractivity contribution in [2.75, 3.05) is 12.4 Å². The van der Waals surface area contributed by atoms with E-state index >= 15 is 0 Å². The van der Waals surface area contributed by atoms with Crippen LogP contribution in [0.4, 0.5) is 5.69 Å². The van der Waals surface area contributed by atoms with Crippen molar-refractivity contribution >= 4 is 17.5 Å². The summed E-state index contributed by atoms with van der Waals surface area (Å²) in [5.41, 5.74) is 0.623. The largest absolute Gasteiger partial charge is 0.473 e. The first-order chi connectivity index (χ1) is 8.99. The number of anilines is 1. The number of hydrogen-bond acceptors (Lipinski definition) is 5. The Hall–Kier alpha value is -2.11. The third-order valence-electron chi connectivity index (χ3n) is 2.83. The Bertz CT molecular complexity index is 502.